The van der Waals surface area contributed by atoms with Crippen molar-refractivity contribution >= 4 is 5.97 Å². The largest absolute Gasteiger partial charge is 1.00 e. The molecule has 5 nitrogen and oxygen atoms in total. The molecule has 6 heteroatoms. The van der Waals surface area contributed by atoms with Gasteiger partial charge < -0.3 is 33.8 Å². The molecule has 1 rings (SSSR count). The molecule has 0 aliphatic carbocycles. The van der Waals surface area contributed by atoms with E-state index in [1.807, 2.05) is 24.0 Å². The Hall–Kier alpha value is -0.760. The lowest BCUT2D eigenvalue weighted by Crippen LogP contribution is -3.00. The van der Waals surface area contributed by atoms with Gasteiger partial charge in [-0.3, -0.25) is 0 Å². The third kappa shape index (κ3) is 6.34. The fourth-order valence-corrected chi connectivity index (χ4v) is 1.01. The molecule has 1 aromatic rings. The Balaban J connectivity index is 0.00000196. The summed E-state index contributed by atoms with van der Waals surface area (Å²) in [7, 11) is 1.91. The molecule has 84 valence electrons. The normalized spacial score (nSPS) is 9.40. The number of hydrogen-bond donors (Lipinski definition) is 1. The topological polar surface area (TPSA) is 63.3 Å². The van der Waals surface area contributed by atoms with Gasteiger partial charge in [0.2, 0.25) is 0 Å². The van der Waals surface area contributed by atoms with E-state index >= 15 is 0 Å². The number of aryl methyl sites for hydroxylation is 1. The van der Waals surface area contributed by atoms with Crippen LogP contribution in [0.4, 0.5) is 0 Å². The SMILES string of the molecule is C[n+]1ccnc(CCOCC(=O)O)c1.[I-]. The average molecular weight is 324 g/mol. The van der Waals surface area contributed by atoms with E-state index in [1.54, 1.807) is 6.20 Å². The molecule has 0 spiro atoms. The van der Waals surface area contributed by atoms with Crippen molar-refractivity contribution in [3.8, 4) is 0 Å². The van der Waals surface area contributed by atoms with Gasteiger partial charge in [-0.25, -0.2) is 14.3 Å². The Morgan fingerprint density at radius 2 is 2.40 bits per heavy atom. The molecule has 0 unspecified atom stereocenters. The van der Waals surface area contributed by atoms with Crippen LogP contribution in [0.2, 0.25) is 0 Å². The highest BCUT2D eigenvalue weighted by molar-refractivity contribution is 5.67. The van der Waals surface area contributed by atoms with Gasteiger partial charge in [0.1, 0.15) is 19.3 Å². The number of carbonyl (C=O) groups is 1. The third-order valence-electron chi connectivity index (χ3n) is 1.62. The van der Waals surface area contributed by atoms with Gasteiger partial charge in [0, 0.05) is 6.42 Å². The first kappa shape index (κ1) is 14.2. The summed E-state index contributed by atoms with van der Waals surface area (Å²) in [6.07, 6.45) is 6.04. The maximum atomic E-state index is 10.1. The quantitative estimate of drug-likeness (QED) is 0.348. The summed E-state index contributed by atoms with van der Waals surface area (Å²) in [5, 5.41) is 8.31. The molecular formula is C9H13IN2O3. The molecule has 0 aromatic carbocycles. The van der Waals surface area contributed by atoms with Crippen LogP contribution in [-0.2, 0) is 23.0 Å². The first-order chi connectivity index (χ1) is 6.68. The van der Waals surface area contributed by atoms with Crippen molar-refractivity contribution in [3.05, 3.63) is 24.3 Å². The molecule has 15 heavy (non-hydrogen) atoms. The van der Waals surface area contributed by atoms with Gasteiger partial charge in [-0.15, -0.1) is 0 Å². The van der Waals surface area contributed by atoms with Crippen molar-refractivity contribution in [3.63, 3.8) is 0 Å². The number of aliphatic carboxylic acids is 1. The Morgan fingerprint density at radius 3 is 3.00 bits per heavy atom. The Kier molecular flexibility index (Phi) is 7.14. The molecule has 0 aliphatic rings. The summed E-state index contributed by atoms with van der Waals surface area (Å²) in [4.78, 5) is 14.2. The van der Waals surface area contributed by atoms with Gasteiger partial charge in [0.05, 0.1) is 12.8 Å². The van der Waals surface area contributed by atoms with E-state index in [2.05, 4.69) is 4.98 Å². The second kappa shape index (κ2) is 7.52. The number of carboxylic acids is 1. The lowest BCUT2D eigenvalue weighted by atomic mass is 10.3. The van der Waals surface area contributed by atoms with E-state index < -0.39 is 5.97 Å². The maximum Gasteiger partial charge on any atom is 0.329 e. The van der Waals surface area contributed by atoms with Crippen LogP contribution in [-0.4, -0.2) is 29.3 Å². The van der Waals surface area contributed by atoms with Crippen LogP contribution >= 0.6 is 0 Å². The second-order valence-corrected chi connectivity index (χ2v) is 2.91. The fourth-order valence-electron chi connectivity index (χ4n) is 1.01. The van der Waals surface area contributed by atoms with Crippen LogP contribution in [0.25, 0.3) is 0 Å². The first-order valence-electron chi connectivity index (χ1n) is 4.28. The molecule has 0 amide bonds. The molecule has 1 heterocycles. The lowest BCUT2D eigenvalue weighted by molar-refractivity contribution is -0.672. The van der Waals surface area contributed by atoms with Crippen LogP contribution in [0.3, 0.4) is 0 Å². The van der Waals surface area contributed by atoms with Gasteiger partial charge in [-0.1, -0.05) is 0 Å². The van der Waals surface area contributed by atoms with Crippen LogP contribution < -0.4 is 28.5 Å². The van der Waals surface area contributed by atoms with E-state index in [-0.39, 0.29) is 30.6 Å². The number of nitrogens with zero attached hydrogens (tertiary/aromatic N) is 2. The maximum absolute atomic E-state index is 10.1. The average Bonchev–Trinajstić information content (AvgIpc) is 2.12. The monoisotopic (exact) mass is 324 g/mol. The number of halogens is 1. The van der Waals surface area contributed by atoms with Crippen molar-refractivity contribution in [1.82, 2.24) is 4.98 Å². The zero-order valence-corrected chi connectivity index (χ0v) is 10.5. The van der Waals surface area contributed by atoms with Crippen molar-refractivity contribution in [2.75, 3.05) is 13.2 Å². The van der Waals surface area contributed by atoms with Crippen molar-refractivity contribution < 1.29 is 43.2 Å². The van der Waals surface area contributed by atoms with Crippen molar-refractivity contribution in [2.45, 2.75) is 6.42 Å². The smallest absolute Gasteiger partial charge is 0.329 e. The van der Waals surface area contributed by atoms with Crippen molar-refractivity contribution in [2.24, 2.45) is 7.05 Å². The molecule has 1 aromatic heterocycles. The van der Waals surface area contributed by atoms with Gasteiger partial charge >= 0.3 is 5.97 Å². The summed E-state index contributed by atoms with van der Waals surface area (Å²) < 4.78 is 6.78. The minimum atomic E-state index is -0.948. The number of ether oxygens (including phenoxy) is 1. The Morgan fingerprint density at radius 1 is 1.67 bits per heavy atom. The molecular weight excluding hydrogens is 311 g/mol. The lowest BCUT2D eigenvalue weighted by Gasteiger charge is -1.99. The summed E-state index contributed by atoms with van der Waals surface area (Å²) in [6, 6.07) is 0. The number of carboxylic acid groups (broad SMARTS) is 1. The molecule has 1 N–H and O–H groups in total. The highest BCUT2D eigenvalue weighted by Crippen LogP contribution is 1.90. The van der Waals surface area contributed by atoms with E-state index in [0.717, 1.165) is 5.69 Å². The van der Waals surface area contributed by atoms with Crippen LogP contribution in [0.15, 0.2) is 18.6 Å². The van der Waals surface area contributed by atoms with E-state index in [9.17, 15) is 4.79 Å². The number of hydrogen-bond acceptors (Lipinski definition) is 3. The van der Waals surface area contributed by atoms with E-state index in [4.69, 9.17) is 9.84 Å². The summed E-state index contributed by atoms with van der Waals surface area (Å²) >= 11 is 0. The standard InChI is InChI=1S/C9H12N2O3.HI/c1-11-4-3-10-8(6-11)2-5-14-7-9(12)13;/h3-4,6H,2,5,7H2,1H3;1H. The minimum absolute atomic E-state index is 0. The predicted molar refractivity (Wildman–Crippen MR) is 47.6 cm³/mol. The van der Waals surface area contributed by atoms with Crippen LogP contribution in [0.1, 0.15) is 5.69 Å². The molecule has 0 saturated carbocycles. The highest BCUT2D eigenvalue weighted by atomic mass is 127. The first-order valence-corrected chi connectivity index (χ1v) is 4.28. The van der Waals surface area contributed by atoms with E-state index in [1.165, 1.54) is 0 Å². The van der Waals surface area contributed by atoms with Crippen LogP contribution in [0.5, 0.6) is 0 Å². The number of aromatic nitrogens is 2. The molecule has 0 saturated heterocycles. The van der Waals surface area contributed by atoms with Gasteiger partial charge in [0.15, 0.2) is 12.4 Å². The van der Waals surface area contributed by atoms with Gasteiger partial charge in [0.25, 0.3) is 0 Å². The van der Waals surface area contributed by atoms with Gasteiger partial charge in [-0.05, 0) is 0 Å². The zero-order valence-electron chi connectivity index (χ0n) is 8.39. The predicted octanol–water partition coefficient (Wildman–Crippen LogP) is -3.45. The molecule has 0 bridgehead atoms. The zero-order chi connectivity index (χ0) is 10.4. The summed E-state index contributed by atoms with van der Waals surface area (Å²) in [5.74, 6) is -0.948. The molecule has 0 aliphatic heterocycles. The molecule has 0 atom stereocenters. The summed E-state index contributed by atoms with van der Waals surface area (Å²) in [5.41, 5.74) is 0.889. The van der Waals surface area contributed by atoms with Gasteiger partial charge in [-0.2, -0.15) is 0 Å². The van der Waals surface area contributed by atoms with E-state index in [0.29, 0.717) is 13.0 Å². The fraction of sp³-hybridized carbons (Fsp3) is 0.444. The second-order valence-electron chi connectivity index (χ2n) is 2.91. The molecule has 0 radical (unpaired) electrons. The van der Waals surface area contributed by atoms with Crippen LogP contribution in [0, 0.1) is 0 Å². The van der Waals surface area contributed by atoms with Crippen molar-refractivity contribution in [1.29, 1.82) is 0 Å². The minimum Gasteiger partial charge on any atom is -1.00 e. The highest BCUT2D eigenvalue weighted by Gasteiger charge is 2.01. The molecule has 0 fully saturated rings. The summed E-state index contributed by atoms with van der Waals surface area (Å²) in [6.45, 7) is 0.127. The number of rotatable bonds is 5. The Bertz CT molecular complexity index is 320. The Labute approximate surface area is 105 Å². The third-order valence-corrected chi connectivity index (χ3v) is 1.62.